The van der Waals surface area contributed by atoms with Crippen LogP contribution in [0, 0.1) is 10.1 Å². The van der Waals surface area contributed by atoms with E-state index in [2.05, 4.69) is 31.4 Å². The Bertz CT molecular complexity index is 674. The Morgan fingerprint density at radius 2 is 2.05 bits per heavy atom. The van der Waals surface area contributed by atoms with Crippen molar-refractivity contribution in [2.45, 2.75) is 0 Å². The maximum Gasteiger partial charge on any atom is 0.285 e. The summed E-state index contributed by atoms with van der Waals surface area (Å²) in [6.07, 6.45) is 0. The molecule has 20 heavy (non-hydrogen) atoms. The molecule has 2 rings (SSSR count). The number of benzene rings is 1. The largest absolute Gasteiger partial charge is 0.382 e. The molecule has 102 valence electrons. The molecule has 1 amide bonds. The van der Waals surface area contributed by atoms with E-state index in [9.17, 15) is 14.9 Å². The van der Waals surface area contributed by atoms with Gasteiger partial charge in [0.05, 0.1) is 9.40 Å². The van der Waals surface area contributed by atoms with E-state index in [1.165, 1.54) is 30.3 Å². The van der Waals surface area contributed by atoms with E-state index in [0.29, 0.717) is 4.47 Å². The zero-order chi connectivity index (χ0) is 14.7. The molecule has 0 saturated heterocycles. The number of carbonyl (C=O) groups is 1. The van der Waals surface area contributed by atoms with E-state index in [1.807, 2.05) is 0 Å². The van der Waals surface area contributed by atoms with Crippen molar-refractivity contribution in [2.24, 2.45) is 0 Å². The summed E-state index contributed by atoms with van der Waals surface area (Å²) in [5, 5.41) is 20.5. The molecule has 1 heterocycles. The summed E-state index contributed by atoms with van der Waals surface area (Å²) in [4.78, 5) is 22.1. The number of carbonyl (C=O) groups excluding carboxylic acids is 1. The fourth-order valence-corrected chi connectivity index (χ4v) is 1.78. The van der Waals surface area contributed by atoms with E-state index in [4.69, 9.17) is 5.73 Å². The second kappa shape index (κ2) is 5.61. The Morgan fingerprint density at radius 1 is 1.30 bits per heavy atom. The Labute approximate surface area is 121 Å². The maximum atomic E-state index is 11.9. The molecular weight excluding hydrogens is 330 g/mol. The summed E-state index contributed by atoms with van der Waals surface area (Å²) in [5.74, 6) is -0.338. The number of nitro groups is 1. The van der Waals surface area contributed by atoms with Crippen molar-refractivity contribution in [1.82, 2.24) is 10.2 Å². The van der Waals surface area contributed by atoms with Crippen LogP contribution in [0.25, 0.3) is 0 Å². The molecule has 2 aromatic rings. The van der Waals surface area contributed by atoms with Crippen LogP contribution < -0.4 is 11.1 Å². The first-order valence-electron chi connectivity index (χ1n) is 5.32. The second-order valence-electron chi connectivity index (χ2n) is 3.72. The Hall–Kier alpha value is -2.55. The summed E-state index contributed by atoms with van der Waals surface area (Å²) >= 11 is 3.06. The smallest absolute Gasteiger partial charge is 0.285 e. The van der Waals surface area contributed by atoms with Crippen molar-refractivity contribution in [3.8, 4) is 0 Å². The molecule has 0 spiro atoms. The van der Waals surface area contributed by atoms with E-state index < -0.39 is 10.8 Å². The number of nitrogens with one attached hydrogen (secondary N) is 1. The van der Waals surface area contributed by atoms with Gasteiger partial charge in [-0.15, -0.1) is 10.2 Å². The number of rotatable bonds is 3. The number of halogens is 1. The average Bonchev–Trinajstić information content (AvgIpc) is 2.41. The number of hydrogen-bond donors (Lipinski definition) is 2. The van der Waals surface area contributed by atoms with Gasteiger partial charge in [-0.2, -0.15) is 0 Å². The van der Waals surface area contributed by atoms with E-state index >= 15 is 0 Å². The van der Waals surface area contributed by atoms with Crippen molar-refractivity contribution in [3.05, 3.63) is 50.6 Å². The highest BCUT2D eigenvalue weighted by Crippen LogP contribution is 2.27. The highest BCUT2D eigenvalue weighted by molar-refractivity contribution is 9.10. The number of hydrogen-bond acceptors (Lipinski definition) is 6. The fourth-order valence-electron chi connectivity index (χ4n) is 1.39. The van der Waals surface area contributed by atoms with Gasteiger partial charge < -0.3 is 11.1 Å². The molecule has 0 aliphatic heterocycles. The third kappa shape index (κ3) is 3.06. The first-order chi connectivity index (χ1) is 9.47. The molecular formula is C11H8BrN5O3. The standard InChI is InChI=1S/C11H8BrN5O3/c12-7-2-1-6(5-9(7)17(19)20)14-11(18)8-3-4-10(13)16-15-8/h1-5H,(H2,13,16)(H,14,18). The molecule has 0 aliphatic rings. The molecule has 1 aromatic carbocycles. The van der Waals surface area contributed by atoms with Crippen LogP contribution in [-0.4, -0.2) is 21.0 Å². The minimum atomic E-state index is -0.553. The molecule has 1 aromatic heterocycles. The number of amides is 1. The predicted octanol–water partition coefficient (Wildman–Crippen LogP) is 1.98. The molecule has 0 radical (unpaired) electrons. The first kappa shape index (κ1) is 13.9. The summed E-state index contributed by atoms with van der Waals surface area (Å²) in [6, 6.07) is 7.09. The number of aromatic nitrogens is 2. The quantitative estimate of drug-likeness (QED) is 0.651. The molecule has 0 saturated carbocycles. The molecule has 0 unspecified atom stereocenters. The SMILES string of the molecule is Nc1ccc(C(=O)Nc2ccc(Br)c([N+](=O)[O-])c2)nn1. The van der Waals surface area contributed by atoms with Gasteiger partial charge >= 0.3 is 0 Å². The van der Waals surface area contributed by atoms with Crippen molar-refractivity contribution >= 4 is 39.0 Å². The van der Waals surface area contributed by atoms with E-state index in [0.717, 1.165) is 0 Å². The monoisotopic (exact) mass is 337 g/mol. The molecule has 0 fully saturated rings. The Morgan fingerprint density at radius 3 is 2.65 bits per heavy atom. The van der Waals surface area contributed by atoms with Gasteiger partial charge in [0.1, 0.15) is 5.82 Å². The number of nitrogen functional groups attached to an aromatic ring is 1. The average molecular weight is 338 g/mol. The van der Waals surface area contributed by atoms with Crippen LogP contribution in [0.1, 0.15) is 10.5 Å². The third-order valence-electron chi connectivity index (χ3n) is 2.32. The summed E-state index contributed by atoms with van der Waals surface area (Å²) in [5.41, 5.74) is 5.56. The zero-order valence-corrected chi connectivity index (χ0v) is 11.5. The van der Waals surface area contributed by atoms with Gasteiger partial charge in [0, 0.05) is 11.8 Å². The van der Waals surface area contributed by atoms with Crippen molar-refractivity contribution < 1.29 is 9.72 Å². The molecule has 8 nitrogen and oxygen atoms in total. The lowest BCUT2D eigenvalue weighted by atomic mass is 10.2. The lowest BCUT2D eigenvalue weighted by molar-refractivity contribution is -0.385. The van der Waals surface area contributed by atoms with Gasteiger partial charge in [0.2, 0.25) is 0 Å². The van der Waals surface area contributed by atoms with Crippen LogP contribution in [0.2, 0.25) is 0 Å². The molecule has 0 atom stereocenters. The van der Waals surface area contributed by atoms with E-state index in [1.54, 1.807) is 0 Å². The Kier molecular flexibility index (Phi) is 3.89. The minimum absolute atomic E-state index is 0.0600. The number of nitrogens with two attached hydrogens (primary N) is 1. The van der Waals surface area contributed by atoms with Crippen LogP contribution >= 0.6 is 15.9 Å². The lowest BCUT2D eigenvalue weighted by Crippen LogP contribution is -2.14. The molecule has 3 N–H and O–H groups in total. The second-order valence-corrected chi connectivity index (χ2v) is 4.58. The van der Waals surface area contributed by atoms with Crippen LogP contribution in [0.3, 0.4) is 0 Å². The molecule has 0 aliphatic carbocycles. The predicted molar refractivity (Wildman–Crippen MR) is 75.2 cm³/mol. The van der Waals surface area contributed by atoms with E-state index in [-0.39, 0.29) is 22.9 Å². The highest BCUT2D eigenvalue weighted by Gasteiger charge is 2.14. The number of nitrogens with zero attached hydrogens (tertiary/aromatic N) is 3. The topological polar surface area (TPSA) is 124 Å². The van der Waals surface area contributed by atoms with Crippen molar-refractivity contribution in [1.29, 1.82) is 0 Å². The molecule has 9 heteroatoms. The summed E-state index contributed by atoms with van der Waals surface area (Å²) in [6.45, 7) is 0. The maximum absolute atomic E-state index is 11.9. The fraction of sp³-hybridized carbons (Fsp3) is 0. The normalized spacial score (nSPS) is 10.1. The zero-order valence-electron chi connectivity index (χ0n) is 9.91. The first-order valence-corrected chi connectivity index (χ1v) is 6.11. The van der Waals surface area contributed by atoms with Gasteiger partial charge in [-0.3, -0.25) is 14.9 Å². The Balaban J connectivity index is 2.21. The highest BCUT2D eigenvalue weighted by atomic mass is 79.9. The van der Waals surface area contributed by atoms with Crippen molar-refractivity contribution in [3.63, 3.8) is 0 Å². The summed E-state index contributed by atoms with van der Waals surface area (Å²) in [7, 11) is 0. The number of nitro benzene ring substituents is 1. The van der Waals surface area contributed by atoms with Crippen molar-refractivity contribution in [2.75, 3.05) is 11.1 Å². The molecule has 0 bridgehead atoms. The van der Waals surface area contributed by atoms with Gasteiger partial charge in [-0.05, 0) is 40.2 Å². The van der Waals surface area contributed by atoms with Crippen LogP contribution in [0.5, 0.6) is 0 Å². The van der Waals surface area contributed by atoms with Crippen LogP contribution in [0.4, 0.5) is 17.2 Å². The summed E-state index contributed by atoms with van der Waals surface area (Å²) < 4.78 is 0.327. The minimum Gasteiger partial charge on any atom is -0.382 e. The lowest BCUT2D eigenvalue weighted by Gasteiger charge is -2.05. The third-order valence-corrected chi connectivity index (χ3v) is 2.99. The van der Waals surface area contributed by atoms with Crippen LogP contribution in [0.15, 0.2) is 34.8 Å². The number of anilines is 2. The van der Waals surface area contributed by atoms with Gasteiger partial charge in [-0.1, -0.05) is 0 Å². The van der Waals surface area contributed by atoms with Crippen LogP contribution in [-0.2, 0) is 0 Å². The van der Waals surface area contributed by atoms with Gasteiger partial charge in [-0.25, -0.2) is 0 Å². The van der Waals surface area contributed by atoms with Gasteiger partial charge in [0.15, 0.2) is 5.69 Å². The van der Waals surface area contributed by atoms with Gasteiger partial charge in [0.25, 0.3) is 11.6 Å².